The highest BCUT2D eigenvalue weighted by Gasteiger charge is 2.25. The summed E-state index contributed by atoms with van der Waals surface area (Å²) < 4.78 is 20.9. The number of pyridine rings is 1. The Balaban J connectivity index is 1.82. The monoisotopic (exact) mass is 417 g/mol. The van der Waals surface area contributed by atoms with Gasteiger partial charge in [-0.3, -0.25) is 4.90 Å². The molecule has 0 spiro atoms. The highest BCUT2D eigenvalue weighted by molar-refractivity contribution is 5.88. The molecular formula is C21H27N3O6. The van der Waals surface area contributed by atoms with Gasteiger partial charge in [0.1, 0.15) is 12.1 Å². The fraction of sp³-hybridized carbons (Fsp3) is 0.524. The lowest BCUT2D eigenvalue weighted by Crippen LogP contribution is -2.38. The topological polar surface area (TPSA) is 104 Å². The molecular weight excluding hydrogens is 390 g/mol. The van der Waals surface area contributed by atoms with Crippen molar-refractivity contribution in [1.29, 1.82) is 0 Å². The maximum Gasteiger partial charge on any atom is 0.415 e. The number of carbonyl (C=O) groups excluding carboxylic acids is 2. The van der Waals surface area contributed by atoms with Gasteiger partial charge in [0.2, 0.25) is 5.89 Å². The number of carbonyl (C=O) groups is 2. The Bertz CT molecular complexity index is 847. The van der Waals surface area contributed by atoms with Crippen molar-refractivity contribution in [2.75, 3.05) is 38.4 Å². The number of unbranched alkanes of at least 4 members (excludes halogenated alkanes) is 1. The molecule has 0 aromatic carbocycles. The number of oxazole rings is 1. The van der Waals surface area contributed by atoms with Crippen LogP contribution < -0.4 is 4.90 Å². The number of rotatable bonds is 8. The van der Waals surface area contributed by atoms with Crippen LogP contribution in [0.25, 0.3) is 11.5 Å². The van der Waals surface area contributed by atoms with Gasteiger partial charge in [-0.05, 0) is 37.3 Å². The molecule has 1 saturated heterocycles. The van der Waals surface area contributed by atoms with Crippen molar-refractivity contribution >= 4 is 17.9 Å². The molecule has 0 radical (unpaired) electrons. The van der Waals surface area contributed by atoms with E-state index in [1.165, 1.54) is 13.4 Å². The zero-order valence-electron chi connectivity index (χ0n) is 17.3. The van der Waals surface area contributed by atoms with Crippen LogP contribution in [-0.2, 0) is 14.2 Å². The number of hydrogen-bond acceptors (Lipinski definition) is 8. The SMILES string of the molecule is CCCCOC(=O)N(CC1CCOCC1)c1cc(-c2nc(C(=O)OC)co2)ccn1. The summed E-state index contributed by atoms with van der Waals surface area (Å²) in [5.41, 5.74) is 0.664. The molecule has 0 bridgehead atoms. The Labute approximate surface area is 175 Å². The molecule has 162 valence electrons. The maximum atomic E-state index is 12.8. The molecule has 0 unspecified atom stereocenters. The van der Waals surface area contributed by atoms with E-state index in [0.717, 1.165) is 25.7 Å². The summed E-state index contributed by atoms with van der Waals surface area (Å²) in [7, 11) is 1.28. The summed E-state index contributed by atoms with van der Waals surface area (Å²) in [4.78, 5) is 34.5. The number of anilines is 1. The minimum Gasteiger partial charge on any atom is -0.464 e. The standard InChI is InChI=1S/C21H27N3O6/c1-3-4-9-29-21(26)24(13-15-6-10-28-11-7-15)18-12-16(5-8-22-18)19-23-17(14-30-19)20(25)27-2/h5,8,12,14-15H,3-4,6-7,9-11,13H2,1-2H3. The molecule has 1 amide bonds. The van der Waals surface area contributed by atoms with Gasteiger partial charge in [0.05, 0.1) is 13.7 Å². The number of nitrogens with zero attached hydrogens (tertiary/aromatic N) is 3. The molecule has 2 aromatic heterocycles. The highest BCUT2D eigenvalue weighted by atomic mass is 16.6. The third-order valence-corrected chi connectivity index (χ3v) is 4.89. The predicted octanol–water partition coefficient (Wildman–Crippen LogP) is 3.69. The third-order valence-electron chi connectivity index (χ3n) is 4.89. The summed E-state index contributed by atoms with van der Waals surface area (Å²) in [5.74, 6) is 0.401. The van der Waals surface area contributed by atoms with Gasteiger partial charge in [-0.25, -0.2) is 19.6 Å². The summed E-state index contributed by atoms with van der Waals surface area (Å²) in [6.07, 6.45) is 5.87. The van der Waals surface area contributed by atoms with Gasteiger partial charge in [-0.15, -0.1) is 0 Å². The number of amides is 1. The van der Waals surface area contributed by atoms with E-state index in [9.17, 15) is 9.59 Å². The van der Waals surface area contributed by atoms with Crippen LogP contribution in [0.5, 0.6) is 0 Å². The summed E-state index contributed by atoms with van der Waals surface area (Å²) in [5, 5.41) is 0. The molecule has 1 fully saturated rings. The normalized spacial score (nSPS) is 14.3. The van der Waals surface area contributed by atoms with Crippen LogP contribution in [0.2, 0.25) is 0 Å². The smallest absolute Gasteiger partial charge is 0.415 e. The molecule has 0 atom stereocenters. The van der Waals surface area contributed by atoms with Crippen LogP contribution in [0.4, 0.5) is 10.6 Å². The number of esters is 1. The molecule has 2 aromatic rings. The van der Waals surface area contributed by atoms with E-state index in [2.05, 4.69) is 14.7 Å². The number of methoxy groups -OCH3 is 1. The summed E-state index contributed by atoms with van der Waals surface area (Å²) in [6, 6.07) is 3.40. The van der Waals surface area contributed by atoms with Crippen molar-refractivity contribution in [3.8, 4) is 11.5 Å². The van der Waals surface area contributed by atoms with Gasteiger partial charge in [-0.1, -0.05) is 13.3 Å². The first-order valence-electron chi connectivity index (χ1n) is 10.1. The van der Waals surface area contributed by atoms with Gasteiger partial charge in [0.25, 0.3) is 0 Å². The van der Waals surface area contributed by atoms with E-state index in [-0.39, 0.29) is 11.6 Å². The Kier molecular flexibility index (Phi) is 7.78. The van der Waals surface area contributed by atoms with Crippen LogP contribution in [0.1, 0.15) is 43.1 Å². The van der Waals surface area contributed by atoms with Gasteiger partial charge in [0.15, 0.2) is 5.69 Å². The minimum atomic E-state index is -0.583. The van der Waals surface area contributed by atoms with Gasteiger partial charge < -0.3 is 18.6 Å². The molecule has 9 heteroatoms. The number of hydrogen-bond donors (Lipinski definition) is 0. The van der Waals surface area contributed by atoms with Gasteiger partial charge in [0, 0.05) is 31.5 Å². The van der Waals surface area contributed by atoms with E-state index in [1.807, 2.05) is 6.92 Å². The van der Waals surface area contributed by atoms with E-state index >= 15 is 0 Å². The van der Waals surface area contributed by atoms with Crippen LogP contribution >= 0.6 is 0 Å². The van der Waals surface area contributed by atoms with E-state index < -0.39 is 12.1 Å². The van der Waals surface area contributed by atoms with Gasteiger partial charge >= 0.3 is 12.1 Å². The lowest BCUT2D eigenvalue weighted by molar-refractivity contribution is 0.0594. The fourth-order valence-electron chi connectivity index (χ4n) is 3.13. The second-order valence-electron chi connectivity index (χ2n) is 7.07. The van der Waals surface area contributed by atoms with Crippen molar-refractivity contribution < 1.29 is 28.2 Å². The quantitative estimate of drug-likeness (QED) is 0.473. The molecule has 0 saturated carbocycles. The van der Waals surface area contributed by atoms with Crippen LogP contribution in [0.15, 0.2) is 29.0 Å². The Morgan fingerprint density at radius 2 is 2.10 bits per heavy atom. The first kappa shape index (κ1) is 21.8. The van der Waals surface area contributed by atoms with Crippen molar-refractivity contribution in [3.63, 3.8) is 0 Å². The minimum absolute atomic E-state index is 0.0731. The zero-order valence-corrected chi connectivity index (χ0v) is 17.3. The van der Waals surface area contributed by atoms with E-state index in [1.54, 1.807) is 23.2 Å². The van der Waals surface area contributed by atoms with Crippen molar-refractivity contribution in [1.82, 2.24) is 9.97 Å². The zero-order chi connectivity index (χ0) is 21.3. The van der Waals surface area contributed by atoms with Crippen molar-refractivity contribution in [3.05, 3.63) is 30.3 Å². The molecule has 3 heterocycles. The summed E-state index contributed by atoms with van der Waals surface area (Å²) >= 11 is 0. The molecule has 1 aliphatic heterocycles. The van der Waals surface area contributed by atoms with Crippen molar-refractivity contribution in [2.24, 2.45) is 5.92 Å². The predicted molar refractivity (Wildman–Crippen MR) is 108 cm³/mol. The highest BCUT2D eigenvalue weighted by Crippen LogP contribution is 2.25. The molecule has 0 aliphatic carbocycles. The third kappa shape index (κ3) is 5.56. The largest absolute Gasteiger partial charge is 0.464 e. The Hall–Kier alpha value is -2.94. The first-order valence-corrected chi connectivity index (χ1v) is 10.1. The fourth-order valence-corrected chi connectivity index (χ4v) is 3.13. The number of aromatic nitrogens is 2. The van der Waals surface area contributed by atoms with Crippen molar-refractivity contribution in [2.45, 2.75) is 32.6 Å². The van der Waals surface area contributed by atoms with Crippen LogP contribution in [0, 0.1) is 5.92 Å². The second kappa shape index (κ2) is 10.7. The lowest BCUT2D eigenvalue weighted by Gasteiger charge is -2.28. The first-order chi connectivity index (χ1) is 14.6. The molecule has 30 heavy (non-hydrogen) atoms. The van der Waals surface area contributed by atoms with Crippen LogP contribution in [0.3, 0.4) is 0 Å². The number of ether oxygens (including phenoxy) is 3. The molecule has 9 nitrogen and oxygen atoms in total. The van der Waals surface area contributed by atoms with E-state index in [0.29, 0.717) is 43.7 Å². The molecule has 3 rings (SSSR count). The second-order valence-corrected chi connectivity index (χ2v) is 7.07. The lowest BCUT2D eigenvalue weighted by atomic mass is 10.00. The maximum absolute atomic E-state index is 12.8. The van der Waals surface area contributed by atoms with Crippen LogP contribution in [-0.4, -0.2) is 55.5 Å². The van der Waals surface area contributed by atoms with E-state index in [4.69, 9.17) is 13.9 Å². The Morgan fingerprint density at radius 1 is 1.30 bits per heavy atom. The summed E-state index contributed by atoms with van der Waals surface area (Å²) in [6.45, 7) is 4.26. The molecule has 1 aliphatic rings. The molecule has 0 N–H and O–H groups in total. The average Bonchev–Trinajstić information content (AvgIpc) is 3.28. The Morgan fingerprint density at radius 3 is 2.83 bits per heavy atom. The average molecular weight is 417 g/mol. The van der Waals surface area contributed by atoms with Gasteiger partial charge in [-0.2, -0.15) is 0 Å².